The van der Waals surface area contributed by atoms with Crippen LogP contribution >= 0.6 is 0 Å². The lowest BCUT2D eigenvalue weighted by Gasteiger charge is -2.48. The molecule has 6 nitrogen and oxygen atoms in total. The first-order chi connectivity index (χ1) is 13.6. The lowest BCUT2D eigenvalue weighted by Crippen LogP contribution is -2.59. The van der Waals surface area contributed by atoms with Crippen molar-refractivity contribution < 1.29 is 14.3 Å². The third-order valence-corrected chi connectivity index (χ3v) is 6.06. The summed E-state index contributed by atoms with van der Waals surface area (Å²) in [5, 5.41) is 3.70. The average molecular weight is 390 g/mol. The van der Waals surface area contributed by atoms with Gasteiger partial charge in [0.2, 0.25) is 0 Å². The second-order valence-corrected chi connectivity index (χ2v) is 8.17. The van der Waals surface area contributed by atoms with Crippen LogP contribution in [-0.4, -0.2) is 74.8 Å². The molecule has 1 amide bonds. The van der Waals surface area contributed by atoms with Crippen LogP contribution in [0.3, 0.4) is 0 Å². The van der Waals surface area contributed by atoms with Crippen LogP contribution in [0.2, 0.25) is 0 Å². The predicted octanol–water partition coefficient (Wildman–Crippen LogP) is 2.28. The zero-order chi connectivity index (χ0) is 19.8. The number of rotatable bonds is 8. The maximum Gasteiger partial charge on any atom is 0.259 e. The molecule has 1 aromatic carbocycles. The number of benzene rings is 1. The van der Waals surface area contributed by atoms with Crippen molar-refractivity contribution >= 4 is 5.91 Å². The van der Waals surface area contributed by atoms with Crippen LogP contribution in [0.15, 0.2) is 24.3 Å². The number of nitrogens with one attached hydrogen (secondary N) is 1. The Morgan fingerprint density at radius 2 is 1.89 bits per heavy atom. The first-order valence-corrected chi connectivity index (χ1v) is 10.6. The van der Waals surface area contributed by atoms with E-state index in [1.807, 2.05) is 18.2 Å². The van der Waals surface area contributed by atoms with Gasteiger partial charge in [-0.2, -0.15) is 0 Å². The van der Waals surface area contributed by atoms with Gasteiger partial charge in [0.15, 0.2) is 6.61 Å². The highest BCUT2D eigenvalue weighted by molar-refractivity contribution is 5.77. The number of para-hydroxylation sites is 1. The molecule has 2 aliphatic rings. The molecule has 0 aromatic heterocycles. The highest BCUT2D eigenvalue weighted by Gasteiger charge is 2.38. The van der Waals surface area contributed by atoms with Gasteiger partial charge in [0.1, 0.15) is 5.75 Å². The van der Waals surface area contributed by atoms with Gasteiger partial charge in [0.05, 0.1) is 13.2 Å². The Hall–Kier alpha value is -1.63. The Kier molecular flexibility index (Phi) is 7.71. The van der Waals surface area contributed by atoms with Crippen LogP contribution < -0.4 is 10.1 Å². The van der Waals surface area contributed by atoms with Crippen LogP contribution in [0.4, 0.5) is 0 Å². The fourth-order valence-electron chi connectivity index (χ4n) is 4.34. The number of ether oxygens (including phenoxy) is 2. The highest BCUT2D eigenvalue weighted by Crippen LogP contribution is 2.34. The van der Waals surface area contributed by atoms with Crippen LogP contribution in [0, 0.1) is 0 Å². The third-order valence-electron chi connectivity index (χ3n) is 6.06. The average Bonchev–Trinajstić information content (AvgIpc) is 2.74. The van der Waals surface area contributed by atoms with E-state index in [4.69, 9.17) is 9.47 Å². The molecular weight excluding hydrogens is 354 g/mol. The van der Waals surface area contributed by atoms with Crippen molar-refractivity contribution in [3.05, 3.63) is 29.8 Å². The van der Waals surface area contributed by atoms with E-state index in [1.165, 1.54) is 32.1 Å². The predicted molar refractivity (Wildman–Crippen MR) is 111 cm³/mol. The topological polar surface area (TPSA) is 54.0 Å². The molecule has 1 saturated carbocycles. The Bertz CT molecular complexity index is 623. The zero-order valence-corrected chi connectivity index (χ0v) is 17.4. The quantitative estimate of drug-likeness (QED) is 0.739. The summed E-state index contributed by atoms with van der Waals surface area (Å²) in [6.45, 7) is 5.57. The molecule has 0 bridgehead atoms. The van der Waals surface area contributed by atoms with Crippen molar-refractivity contribution in [2.24, 2.45) is 0 Å². The number of carbonyl (C=O) groups is 1. The summed E-state index contributed by atoms with van der Waals surface area (Å²) >= 11 is 0. The molecule has 1 saturated heterocycles. The van der Waals surface area contributed by atoms with E-state index < -0.39 is 0 Å². The number of hydrogen-bond acceptors (Lipinski definition) is 5. The molecule has 1 aliphatic heterocycles. The van der Waals surface area contributed by atoms with Gasteiger partial charge in [0, 0.05) is 51.4 Å². The highest BCUT2D eigenvalue weighted by atomic mass is 16.5. The number of carbonyl (C=O) groups excluding carboxylic acids is 1. The van der Waals surface area contributed by atoms with E-state index >= 15 is 0 Å². The molecule has 28 heavy (non-hydrogen) atoms. The van der Waals surface area contributed by atoms with Crippen LogP contribution in [-0.2, 0) is 16.1 Å². The van der Waals surface area contributed by atoms with Crippen molar-refractivity contribution in [2.45, 2.75) is 44.2 Å². The van der Waals surface area contributed by atoms with E-state index in [9.17, 15) is 4.79 Å². The summed E-state index contributed by atoms with van der Waals surface area (Å²) < 4.78 is 11.4. The number of morpholine rings is 1. The molecule has 0 unspecified atom stereocenters. The standard InChI is InChI=1S/C22H35N3O3/c1-24(2)21(26)17-28-20-9-5-4-8-19(20)16-23-18-22(10-6-3-7-11-22)25-12-14-27-15-13-25/h4-5,8-9,23H,3,6-7,10-18H2,1-2H3. The second-order valence-electron chi connectivity index (χ2n) is 8.17. The summed E-state index contributed by atoms with van der Waals surface area (Å²) in [6, 6.07) is 7.99. The molecule has 0 spiro atoms. The largest absolute Gasteiger partial charge is 0.483 e. The van der Waals surface area contributed by atoms with Gasteiger partial charge in [0.25, 0.3) is 5.91 Å². The molecule has 0 atom stereocenters. The Labute approximate surface area is 169 Å². The minimum Gasteiger partial charge on any atom is -0.483 e. The van der Waals surface area contributed by atoms with E-state index in [-0.39, 0.29) is 18.1 Å². The smallest absolute Gasteiger partial charge is 0.259 e. The zero-order valence-electron chi connectivity index (χ0n) is 17.4. The first kappa shape index (κ1) is 21.1. The maximum absolute atomic E-state index is 11.8. The molecular formula is C22H35N3O3. The van der Waals surface area contributed by atoms with Crippen molar-refractivity contribution in [2.75, 3.05) is 53.6 Å². The SMILES string of the molecule is CN(C)C(=O)COc1ccccc1CNCC1(N2CCOCC2)CCCCC1. The fraction of sp³-hybridized carbons (Fsp3) is 0.682. The van der Waals surface area contributed by atoms with Gasteiger partial charge in [-0.1, -0.05) is 37.5 Å². The molecule has 156 valence electrons. The van der Waals surface area contributed by atoms with Gasteiger partial charge in [-0.25, -0.2) is 0 Å². The molecule has 0 radical (unpaired) electrons. The van der Waals surface area contributed by atoms with Crippen LogP contribution in [0.1, 0.15) is 37.7 Å². The van der Waals surface area contributed by atoms with Crippen LogP contribution in [0.5, 0.6) is 5.75 Å². The summed E-state index contributed by atoms with van der Waals surface area (Å²) in [5.41, 5.74) is 1.35. The van der Waals surface area contributed by atoms with E-state index in [0.717, 1.165) is 50.7 Å². The van der Waals surface area contributed by atoms with Crippen molar-refractivity contribution in [3.8, 4) is 5.75 Å². The Morgan fingerprint density at radius 3 is 2.61 bits per heavy atom. The molecule has 1 aliphatic carbocycles. The van der Waals surface area contributed by atoms with Gasteiger partial charge >= 0.3 is 0 Å². The van der Waals surface area contributed by atoms with Gasteiger partial charge in [-0.05, 0) is 18.9 Å². The second kappa shape index (κ2) is 10.2. The lowest BCUT2D eigenvalue weighted by atomic mass is 9.79. The van der Waals surface area contributed by atoms with Crippen LogP contribution in [0.25, 0.3) is 0 Å². The summed E-state index contributed by atoms with van der Waals surface area (Å²) in [7, 11) is 3.49. The number of nitrogens with zero attached hydrogens (tertiary/aromatic N) is 2. The molecule has 6 heteroatoms. The summed E-state index contributed by atoms with van der Waals surface area (Å²) in [4.78, 5) is 16.0. The van der Waals surface area contributed by atoms with Gasteiger partial charge < -0.3 is 19.7 Å². The lowest BCUT2D eigenvalue weighted by molar-refractivity contribution is -0.130. The number of likely N-dealkylation sites (N-methyl/N-ethyl adjacent to an activating group) is 1. The van der Waals surface area contributed by atoms with Crippen molar-refractivity contribution in [3.63, 3.8) is 0 Å². The number of hydrogen-bond donors (Lipinski definition) is 1. The molecule has 3 rings (SSSR count). The molecule has 2 fully saturated rings. The Morgan fingerprint density at radius 1 is 1.18 bits per heavy atom. The first-order valence-electron chi connectivity index (χ1n) is 10.6. The maximum atomic E-state index is 11.8. The van der Waals surface area contributed by atoms with Crippen molar-refractivity contribution in [1.82, 2.24) is 15.1 Å². The summed E-state index contributed by atoms with van der Waals surface area (Å²) in [5.74, 6) is 0.755. The molecule has 1 N–H and O–H groups in total. The van der Waals surface area contributed by atoms with E-state index in [0.29, 0.717) is 0 Å². The van der Waals surface area contributed by atoms with Gasteiger partial charge in [-0.3, -0.25) is 9.69 Å². The van der Waals surface area contributed by atoms with E-state index in [2.05, 4.69) is 16.3 Å². The minimum absolute atomic E-state index is 0.0313. The Balaban J connectivity index is 1.59. The van der Waals surface area contributed by atoms with Gasteiger partial charge in [-0.15, -0.1) is 0 Å². The number of amides is 1. The monoisotopic (exact) mass is 389 g/mol. The van der Waals surface area contributed by atoms with E-state index in [1.54, 1.807) is 19.0 Å². The van der Waals surface area contributed by atoms with Crippen molar-refractivity contribution in [1.29, 1.82) is 0 Å². The third kappa shape index (κ3) is 5.46. The fourth-order valence-corrected chi connectivity index (χ4v) is 4.34. The molecule has 1 aromatic rings. The normalized spacial score (nSPS) is 19.9. The summed E-state index contributed by atoms with van der Waals surface area (Å²) in [6.07, 6.45) is 6.49. The molecule has 1 heterocycles. The minimum atomic E-state index is -0.0313.